The van der Waals surface area contributed by atoms with Crippen LogP contribution in [0.25, 0.3) is 0 Å². The minimum Gasteiger partial charge on any atom is -1.00 e. The monoisotopic (exact) mass is 151 g/mol. The number of rotatable bonds is 4. The van der Waals surface area contributed by atoms with Crippen molar-refractivity contribution in [2.24, 2.45) is 0 Å². The molecule has 1 atom stereocenters. The first-order valence-corrected chi connectivity index (χ1v) is 3.09. The molecule has 0 saturated carbocycles. The molecule has 0 aliphatic heterocycles. The van der Waals surface area contributed by atoms with Gasteiger partial charge in [-0.25, -0.2) is 0 Å². The van der Waals surface area contributed by atoms with E-state index >= 15 is 0 Å². The highest BCUT2D eigenvalue weighted by Gasteiger charge is 1.99. The third kappa shape index (κ3) is 7.92. The fraction of sp³-hybridized carbons (Fsp3) is 0.833. The summed E-state index contributed by atoms with van der Waals surface area (Å²) in [5.41, 5.74) is 3.63. The zero-order valence-corrected chi connectivity index (χ0v) is 6.53. The summed E-state index contributed by atoms with van der Waals surface area (Å²) >= 11 is 0. The molecule has 2 nitrogen and oxygen atoms in total. The minimum absolute atomic E-state index is 0. The maximum Gasteiger partial charge on any atom is 0.177 e. The van der Waals surface area contributed by atoms with E-state index in [2.05, 4.69) is 12.7 Å². The first kappa shape index (κ1) is 11.7. The van der Waals surface area contributed by atoms with Gasteiger partial charge in [0.15, 0.2) is 6.29 Å². The number of carbonyl (C=O) groups excluding carboxylic acids is 1. The Morgan fingerprint density at radius 1 is 1.67 bits per heavy atom. The summed E-state index contributed by atoms with van der Waals surface area (Å²) in [4.78, 5) is 9.95. The Labute approximate surface area is 62.2 Å². The summed E-state index contributed by atoms with van der Waals surface area (Å²) in [6, 6.07) is 0.0231. The van der Waals surface area contributed by atoms with Crippen LogP contribution < -0.4 is 18.1 Å². The first-order chi connectivity index (χ1) is 3.81. The van der Waals surface area contributed by atoms with Gasteiger partial charge in [-0.15, -0.1) is 0 Å². The lowest BCUT2D eigenvalue weighted by Crippen LogP contribution is -3.00. The lowest BCUT2D eigenvalue weighted by Gasteiger charge is -1.95. The molecule has 1 unspecified atom stereocenters. The summed E-state index contributed by atoms with van der Waals surface area (Å²) in [7, 11) is 0. The summed E-state index contributed by atoms with van der Waals surface area (Å²) in [5.74, 6) is 0. The summed E-state index contributed by atoms with van der Waals surface area (Å²) in [6.45, 7) is 2.11. The molecule has 0 aliphatic carbocycles. The number of hydrogen-bond donors (Lipinski definition) is 1. The SMILES string of the molecule is CCCCC([NH3+])C=O.[Cl-]. The number of carbonyl (C=O) groups is 1. The molecule has 0 amide bonds. The molecule has 0 aliphatic rings. The van der Waals surface area contributed by atoms with Gasteiger partial charge in [0, 0.05) is 6.42 Å². The minimum atomic E-state index is 0. The molecule has 9 heavy (non-hydrogen) atoms. The van der Waals surface area contributed by atoms with Crippen LogP contribution in [0.1, 0.15) is 26.2 Å². The maximum atomic E-state index is 9.95. The number of quaternary nitrogens is 1. The van der Waals surface area contributed by atoms with E-state index in [9.17, 15) is 4.79 Å². The Balaban J connectivity index is 0. The molecule has 0 fully saturated rings. The van der Waals surface area contributed by atoms with Gasteiger partial charge in [-0.1, -0.05) is 13.3 Å². The van der Waals surface area contributed by atoms with E-state index in [0.29, 0.717) is 0 Å². The predicted octanol–water partition coefficient (Wildman–Crippen LogP) is -3.01. The van der Waals surface area contributed by atoms with Gasteiger partial charge >= 0.3 is 0 Å². The van der Waals surface area contributed by atoms with Gasteiger partial charge < -0.3 is 18.1 Å². The summed E-state index contributed by atoms with van der Waals surface area (Å²) < 4.78 is 0. The molecule has 3 N–H and O–H groups in total. The fourth-order valence-corrected chi connectivity index (χ4v) is 0.534. The van der Waals surface area contributed by atoms with E-state index in [4.69, 9.17) is 0 Å². The predicted molar refractivity (Wildman–Crippen MR) is 32.3 cm³/mol. The second-order valence-electron chi connectivity index (χ2n) is 2.04. The van der Waals surface area contributed by atoms with Crippen molar-refractivity contribution in [2.75, 3.05) is 0 Å². The van der Waals surface area contributed by atoms with Crippen LogP contribution in [0.3, 0.4) is 0 Å². The molecule has 0 bridgehead atoms. The molecule has 56 valence electrons. The van der Waals surface area contributed by atoms with Gasteiger partial charge in [0.2, 0.25) is 0 Å². The second-order valence-corrected chi connectivity index (χ2v) is 2.04. The van der Waals surface area contributed by atoms with Crippen LogP contribution in [0.2, 0.25) is 0 Å². The van der Waals surface area contributed by atoms with Crippen LogP contribution in [0, 0.1) is 0 Å². The highest BCUT2D eigenvalue weighted by Crippen LogP contribution is 1.93. The molecule has 0 saturated heterocycles. The van der Waals surface area contributed by atoms with E-state index in [-0.39, 0.29) is 18.4 Å². The molecular weight excluding hydrogens is 138 g/mol. The fourth-order valence-electron chi connectivity index (χ4n) is 0.534. The number of unbranched alkanes of at least 4 members (excludes halogenated alkanes) is 1. The highest BCUT2D eigenvalue weighted by molar-refractivity contribution is 5.54. The van der Waals surface area contributed by atoms with Crippen molar-refractivity contribution in [3.63, 3.8) is 0 Å². The average molecular weight is 152 g/mol. The normalized spacial score (nSPS) is 11.8. The quantitative estimate of drug-likeness (QED) is 0.428. The Bertz CT molecular complexity index is 68.1. The summed E-state index contributed by atoms with van der Waals surface area (Å²) in [6.07, 6.45) is 4.13. The molecule has 0 aromatic heterocycles. The Kier molecular flexibility index (Phi) is 10.3. The average Bonchev–Trinajstić information content (AvgIpc) is 1.83. The van der Waals surface area contributed by atoms with E-state index in [0.717, 1.165) is 25.5 Å². The number of hydrogen-bond acceptors (Lipinski definition) is 1. The van der Waals surface area contributed by atoms with Gasteiger partial charge in [-0.05, 0) is 6.42 Å². The van der Waals surface area contributed by atoms with E-state index < -0.39 is 0 Å². The van der Waals surface area contributed by atoms with Crippen molar-refractivity contribution in [1.29, 1.82) is 0 Å². The van der Waals surface area contributed by atoms with Gasteiger partial charge in [-0.3, -0.25) is 4.79 Å². The van der Waals surface area contributed by atoms with Crippen molar-refractivity contribution in [3.05, 3.63) is 0 Å². The van der Waals surface area contributed by atoms with Crippen molar-refractivity contribution < 1.29 is 22.9 Å². The van der Waals surface area contributed by atoms with E-state index in [1.54, 1.807) is 0 Å². The van der Waals surface area contributed by atoms with Gasteiger partial charge in [0.05, 0.1) is 0 Å². The molecular formula is C6H14ClNO. The Hall–Kier alpha value is -0.0800. The van der Waals surface area contributed by atoms with Gasteiger partial charge in [0.1, 0.15) is 6.04 Å². The zero-order valence-electron chi connectivity index (χ0n) is 5.77. The smallest absolute Gasteiger partial charge is 0.177 e. The first-order valence-electron chi connectivity index (χ1n) is 3.09. The molecule has 0 heterocycles. The van der Waals surface area contributed by atoms with Gasteiger partial charge in [-0.2, -0.15) is 0 Å². The highest BCUT2D eigenvalue weighted by atomic mass is 35.5. The largest absolute Gasteiger partial charge is 1.00 e. The standard InChI is InChI=1S/C6H13NO.ClH/c1-2-3-4-6(7)5-8;/h5-6H,2-4,7H2,1H3;1H. The third-order valence-corrected chi connectivity index (χ3v) is 1.12. The number of aldehydes is 1. The van der Waals surface area contributed by atoms with E-state index in [1.165, 1.54) is 0 Å². The third-order valence-electron chi connectivity index (χ3n) is 1.12. The van der Waals surface area contributed by atoms with Crippen LogP contribution in [0.15, 0.2) is 0 Å². The molecule has 0 rings (SSSR count). The molecule has 0 spiro atoms. The van der Waals surface area contributed by atoms with Crippen LogP contribution in [0.4, 0.5) is 0 Å². The topological polar surface area (TPSA) is 44.7 Å². The maximum absolute atomic E-state index is 9.95. The van der Waals surface area contributed by atoms with E-state index in [1.807, 2.05) is 0 Å². The zero-order chi connectivity index (χ0) is 6.41. The molecule has 0 aromatic rings. The molecule has 0 aromatic carbocycles. The second kappa shape index (κ2) is 7.92. The van der Waals surface area contributed by atoms with Crippen LogP contribution >= 0.6 is 0 Å². The van der Waals surface area contributed by atoms with Crippen molar-refractivity contribution >= 4 is 6.29 Å². The lowest BCUT2D eigenvalue weighted by atomic mass is 10.1. The van der Waals surface area contributed by atoms with Crippen molar-refractivity contribution in [1.82, 2.24) is 0 Å². The molecule has 3 heteroatoms. The van der Waals surface area contributed by atoms with Crippen molar-refractivity contribution in [2.45, 2.75) is 32.2 Å². The number of halogens is 1. The van der Waals surface area contributed by atoms with Crippen LogP contribution in [-0.2, 0) is 4.79 Å². The van der Waals surface area contributed by atoms with Crippen LogP contribution in [0.5, 0.6) is 0 Å². The Morgan fingerprint density at radius 2 is 2.22 bits per heavy atom. The molecule has 0 radical (unpaired) electrons. The van der Waals surface area contributed by atoms with Gasteiger partial charge in [0.25, 0.3) is 0 Å². The summed E-state index contributed by atoms with van der Waals surface area (Å²) in [5, 5.41) is 0. The lowest BCUT2D eigenvalue weighted by molar-refractivity contribution is -0.401. The van der Waals surface area contributed by atoms with Crippen molar-refractivity contribution in [3.8, 4) is 0 Å². The van der Waals surface area contributed by atoms with Crippen LogP contribution in [-0.4, -0.2) is 12.3 Å². The Morgan fingerprint density at radius 3 is 2.56 bits per heavy atom.